The molecule has 1 atom stereocenters. The van der Waals surface area contributed by atoms with Crippen LogP contribution in [-0.4, -0.2) is 44.9 Å². The number of halogens is 3. The Labute approximate surface area is 135 Å². The largest absolute Gasteiger partial charge is 0.433 e. The summed E-state index contributed by atoms with van der Waals surface area (Å²) in [4.78, 5) is 25.2. The summed E-state index contributed by atoms with van der Waals surface area (Å²) >= 11 is 0. The van der Waals surface area contributed by atoms with E-state index in [1.807, 2.05) is 0 Å². The number of aromatic nitrogens is 3. The van der Waals surface area contributed by atoms with Crippen molar-refractivity contribution in [2.75, 3.05) is 18.4 Å². The van der Waals surface area contributed by atoms with Crippen molar-refractivity contribution in [1.29, 1.82) is 0 Å². The van der Waals surface area contributed by atoms with Crippen molar-refractivity contribution >= 4 is 11.9 Å². The smallest absolute Gasteiger partial charge is 0.350 e. The molecule has 3 heterocycles. The first kappa shape index (κ1) is 16.2. The van der Waals surface area contributed by atoms with E-state index >= 15 is 0 Å². The van der Waals surface area contributed by atoms with Crippen molar-refractivity contribution in [2.24, 2.45) is 0 Å². The number of likely N-dealkylation sites (tertiary alicyclic amines) is 1. The molecule has 0 aliphatic carbocycles. The highest BCUT2D eigenvalue weighted by Crippen LogP contribution is 2.27. The normalized spacial score (nSPS) is 17.8. The molecule has 1 fully saturated rings. The molecule has 0 bridgehead atoms. The Hall–Kier alpha value is -2.71. The standard InChI is InChI=1S/C15H14F3N5O/c16-15(17,18)12-4-7-20-14(22-12)21-10-5-8-23(9-10)13(24)11-3-1-2-6-19-11/h1-4,6-7,10H,5,8-9H2,(H,20,21,22). The van der Waals surface area contributed by atoms with Gasteiger partial charge in [0, 0.05) is 31.5 Å². The lowest BCUT2D eigenvalue weighted by molar-refractivity contribution is -0.141. The zero-order valence-corrected chi connectivity index (χ0v) is 12.5. The van der Waals surface area contributed by atoms with Gasteiger partial charge in [0.25, 0.3) is 5.91 Å². The first-order valence-electron chi connectivity index (χ1n) is 7.30. The van der Waals surface area contributed by atoms with Gasteiger partial charge in [-0.05, 0) is 24.6 Å². The Balaban J connectivity index is 1.64. The van der Waals surface area contributed by atoms with E-state index in [4.69, 9.17) is 0 Å². The number of nitrogens with one attached hydrogen (secondary N) is 1. The maximum absolute atomic E-state index is 12.7. The van der Waals surface area contributed by atoms with E-state index in [1.54, 1.807) is 23.1 Å². The number of amides is 1. The number of hydrogen-bond acceptors (Lipinski definition) is 5. The van der Waals surface area contributed by atoms with E-state index in [2.05, 4.69) is 20.3 Å². The Morgan fingerprint density at radius 2 is 2.04 bits per heavy atom. The summed E-state index contributed by atoms with van der Waals surface area (Å²) < 4.78 is 38.0. The minimum Gasteiger partial charge on any atom is -0.350 e. The van der Waals surface area contributed by atoms with Crippen molar-refractivity contribution in [3.63, 3.8) is 0 Å². The SMILES string of the molecule is O=C(c1ccccn1)N1CCC(Nc2nccc(C(F)(F)F)n2)C1. The molecule has 0 radical (unpaired) electrons. The average Bonchev–Trinajstić information content (AvgIpc) is 3.03. The summed E-state index contributed by atoms with van der Waals surface area (Å²) in [6.45, 7) is 0.848. The van der Waals surface area contributed by atoms with Gasteiger partial charge in [-0.2, -0.15) is 13.2 Å². The predicted octanol–water partition coefficient (Wildman–Crippen LogP) is 2.22. The van der Waals surface area contributed by atoms with E-state index in [9.17, 15) is 18.0 Å². The van der Waals surface area contributed by atoms with Gasteiger partial charge >= 0.3 is 6.18 Å². The number of pyridine rings is 1. The van der Waals surface area contributed by atoms with Crippen molar-refractivity contribution < 1.29 is 18.0 Å². The van der Waals surface area contributed by atoms with Gasteiger partial charge in [-0.1, -0.05) is 6.07 Å². The van der Waals surface area contributed by atoms with Gasteiger partial charge in [0.05, 0.1) is 0 Å². The van der Waals surface area contributed by atoms with Crippen molar-refractivity contribution in [3.05, 3.63) is 48.0 Å². The predicted molar refractivity (Wildman–Crippen MR) is 79.2 cm³/mol. The van der Waals surface area contributed by atoms with Gasteiger partial charge < -0.3 is 10.2 Å². The van der Waals surface area contributed by atoms with Gasteiger partial charge in [0.1, 0.15) is 11.4 Å². The van der Waals surface area contributed by atoms with Crippen LogP contribution < -0.4 is 5.32 Å². The van der Waals surface area contributed by atoms with E-state index < -0.39 is 11.9 Å². The number of anilines is 1. The third kappa shape index (κ3) is 3.61. The molecule has 9 heteroatoms. The van der Waals surface area contributed by atoms with Crippen LogP contribution in [0.2, 0.25) is 0 Å². The molecule has 1 amide bonds. The molecule has 0 aromatic carbocycles. The molecule has 1 saturated heterocycles. The van der Waals surface area contributed by atoms with Gasteiger partial charge in [0.15, 0.2) is 0 Å². The van der Waals surface area contributed by atoms with Crippen LogP contribution in [0.25, 0.3) is 0 Å². The van der Waals surface area contributed by atoms with E-state index in [1.165, 1.54) is 6.20 Å². The first-order chi connectivity index (χ1) is 11.4. The highest BCUT2D eigenvalue weighted by atomic mass is 19.4. The van der Waals surface area contributed by atoms with E-state index in [0.717, 1.165) is 12.3 Å². The maximum atomic E-state index is 12.7. The third-order valence-corrected chi connectivity index (χ3v) is 3.64. The zero-order valence-electron chi connectivity index (χ0n) is 12.5. The van der Waals surface area contributed by atoms with E-state index in [-0.39, 0.29) is 17.9 Å². The molecule has 1 unspecified atom stereocenters. The lowest BCUT2D eigenvalue weighted by Crippen LogP contribution is -2.32. The quantitative estimate of drug-likeness (QED) is 0.930. The highest BCUT2D eigenvalue weighted by Gasteiger charge is 2.33. The minimum absolute atomic E-state index is 0.0954. The zero-order chi connectivity index (χ0) is 17.2. The lowest BCUT2D eigenvalue weighted by Gasteiger charge is -2.17. The van der Waals surface area contributed by atoms with Crippen LogP contribution in [-0.2, 0) is 6.18 Å². The molecular weight excluding hydrogens is 323 g/mol. The first-order valence-corrected chi connectivity index (χ1v) is 7.30. The number of alkyl halides is 3. The summed E-state index contributed by atoms with van der Waals surface area (Å²) in [6.07, 6.45) is -1.33. The fourth-order valence-corrected chi connectivity index (χ4v) is 2.48. The summed E-state index contributed by atoms with van der Waals surface area (Å²) in [7, 11) is 0. The van der Waals surface area contributed by atoms with Crippen LogP contribution in [0.4, 0.5) is 19.1 Å². The summed E-state index contributed by atoms with van der Waals surface area (Å²) in [5.74, 6) is -0.299. The van der Waals surface area contributed by atoms with Crippen LogP contribution >= 0.6 is 0 Å². The van der Waals surface area contributed by atoms with Gasteiger partial charge in [-0.25, -0.2) is 9.97 Å². The van der Waals surface area contributed by atoms with E-state index in [0.29, 0.717) is 25.2 Å². The molecule has 126 valence electrons. The molecule has 1 aliphatic rings. The fraction of sp³-hybridized carbons (Fsp3) is 0.333. The van der Waals surface area contributed by atoms with Crippen LogP contribution in [0.5, 0.6) is 0 Å². The van der Waals surface area contributed by atoms with Crippen LogP contribution in [0.3, 0.4) is 0 Å². The molecule has 24 heavy (non-hydrogen) atoms. The second kappa shape index (κ2) is 6.42. The van der Waals surface area contributed by atoms with Crippen LogP contribution in [0, 0.1) is 0 Å². The minimum atomic E-state index is -4.52. The van der Waals surface area contributed by atoms with Gasteiger partial charge in [0.2, 0.25) is 5.95 Å². The number of nitrogens with zero attached hydrogens (tertiary/aromatic N) is 4. The number of rotatable bonds is 3. The molecule has 6 nitrogen and oxygen atoms in total. The number of hydrogen-bond donors (Lipinski definition) is 1. The van der Waals surface area contributed by atoms with Gasteiger partial charge in [-0.3, -0.25) is 9.78 Å². The van der Waals surface area contributed by atoms with Crippen molar-refractivity contribution in [1.82, 2.24) is 19.9 Å². The molecule has 1 aliphatic heterocycles. The Morgan fingerprint density at radius 1 is 1.21 bits per heavy atom. The summed E-state index contributed by atoms with van der Waals surface area (Å²) in [6, 6.07) is 5.68. The maximum Gasteiger partial charge on any atom is 0.433 e. The Kier molecular flexibility index (Phi) is 4.32. The second-order valence-corrected chi connectivity index (χ2v) is 5.36. The molecule has 2 aromatic heterocycles. The van der Waals surface area contributed by atoms with Crippen molar-refractivity contribution in [3.8, 4) is 0 Å². The van der Waals surface area contributed by atoms with Crippen LogP contribution in [0.1, 0.15) is 22.6 Å². The van der Waals surface area contributed by atoms with Gasteiger partial charge in [-0.15, -0.1) is 0 Å². The molecule has 1 N–H and O–H groups in total. The molecule has 0 saturated carbocycles. The molecule has 0 spiro atoms. The molecule has 3 rings (SSSR count). The summed E-state index contributed by atoms with van der Waals surface area (Å²) in [5, 5.41) is 2.85. The number of carbonyl (C=O) groups is 1. The van der Waals surface area contributed by atoms with Crippen LogP contribution in [0.15, 0.2) is 36.7 Å². The Bertz CT molecular complexity index is 723. The monoisotopic (exact) mass is 337 g/mol. The fourth-order valence-electron chi connectivity index (χ4n) is 2.48. The highest BCUT2D eigenvalue weighted by molar-refractivity contribution is 5.92. The summed E-state index contributed by atoms with van der Waals surface area (Å²) in [5.41, 5.74) is -0.659. The van der Waals surface area contributed by atoms with Crippen molar-refractivity contribution in [2.45, 2.75) is 18.6 Å². The second-order valence-electron chi connectivity index (χ2n) is 5.36. The Morgan fingerprint density at radius 3 is 2.75 bits per heavy atom. The third-order valence-electron chi connectivity index (χ3n) is 3.64. The lowest BCUT2D eigenvalue weighted by atomic mass is 10.3. The molecule has 2 aromatic rings. The molecular formula is C15H14F3N5O. The number of carbonyl (C=O) groups excluding carboxylic acids is 1. The topological polar surface area (TPSA) is 71.0 Å². The average molecular weight is 337 g/mol.